The van der Waals surface area contributed by atoms with E-state index < -0.39 is 0 Å². The number of benzene rings is 5. The highest BCUT2D eigenvalue weighted by atomic mass is 35.5. The van der Waals surface area contributed by atoms with Gasteiger partial charge in [-0.25, -0.2) is 0 Å². The normalized spacial score (nSPS) is 11.2. The van der Waals surface area contributed by atoms with Crippen molar-refractivity contribution in [2.24, 2.45) is 4.99 Å². The first-order valence-corrected chi connectivity index (χ1v) is 13.4. The van der Waals surface area contributed by atoms with Crippen LogP contribution in [0, 0.1) is 0 Å². The molecule has 0 saturated heterocycles. The highest BCUT2D eigenvalue weighted by Gasteiger charge is 2.12. The number of hydrogen-bond acceptors (Lipinski definition) is 3. The number of fused-ring (bicyclic) bond motifs is 1. The van der Waals surface area contributed by atoms with Gasteiger partial charge >= 0.3 is 0 Å². The van der Waals surface area contributed by atoms with E-state index in [2.05, 4.69) is 5.32 Å². The lowest BCUT2D eigenvalue weighted by molar-refractivity contribution is 0.102. The van der Waals surface area contributed by atoms with Gasteiger partial charge in [-0.15, -0.1) is 0 Å². The molecule has 0 saturated carbocycles. The third-order valence-corrected chi connectivity index (χ3v) is 7.09. The summed E-state index contributed by atoms with van der Waals surface area (Å²) in [5, 5.41) is 6.74. The van der Waals surface area contributed by atoms with Crippen molar-refractivity contribution in [3.8, 4) is 5.75 Å². The van der Waals surface area contributed by atoms with Crippen LogP contribution in [0.25, 0.3) is 10.8 Å². The van der Waals surface area contributed by atoms with Crippen molar-refractivity contribution in [1.29, 1.82) is 0 Å². The Hall–Kier alpha value is -3.54. The molecule has 0 unspecified atom stereocenters. The summed E-state index contributed by atoms with van der Waals surface area (Å²) in [4.78, 5) is 17.4. The highest BCUT2D eigenvalue weighted by molar-refractivity contribution is 6.37. The maximum Gasteiger partial charge on any atom is 0.257 e. The quantitative estimate of drug-likeness (QED) is 0.191. The molecule has 8 heteroatoms. The summed E-state index contributed by atoms with van der Waals surface area (Å²) in [5.74, 6) is 0.314. The van der Waals surface area contributed by atoms with Crippen molar-refractivity contribution in [2.45, 2.75) is 6.61 Å². The van der Waals surface area contributed by atoms with E-state index in [0.717, 1.165) is 21.9 Å². The van der Waals surface area contributed by atoms with E-state index in [-0.39, 0.29) is 17.5 Å². The highest BCUT2D eigenvalue weighted by Crippen LogP contribution is 2.30. The molecule has 5 rings (SSSR count). The van der Waals surface area contributed by atoms with E-state index in [9.17, 15) is 4.79 Å². The van der Waals surface area contributed by atoms with Crippen LogP contribution < -0.4 is 10.1 Å². The van der Waals surface area contributed by atoms with Crippen molar-refractivity contribution in [3.63, 3.8) is 0 Å². The number of nitrogens with zero attached hydrogens (tertiary/aromatic N) is 1. The van der Waals surface area contributed by atoms with Gasteiger partial charge in [-0.05, 0) is 65.4 Å². The molecule has 0 atom stereocenters. The fraction of sp³-hybridized carbons (Fsp3) is 0.0323. The van der Waals surface area contributed by atoms with Crippen molar-refractivity contribution < 1.29 is 9.53 Å². The van der Waals surface area contributed by atoms with Gasteiger partial charge in [-0.1, -0.05) is 88.9 Å². The first-order chi connectivity index (χ1) is 18.9. The van der Waals surface area contributed by atoms with Crippen molar-refractivity contribution in [1.82, 2.24) is 0 Å². The number of hydrogen-bond donors (Lipinski definition) is 1. The molecule has 0 heterocycles. The number of aliphatic imine (C=N–C) groups is 1. The van der Waals surface area contributed by atoms with Crippen LogP contribution in [0.15, 0.2) is 102 Å². The molecule has 5 aromatic rings. The van der Waals surface area contributed by atoms with Crippen molar-refractivity contribution in [3.05, 3.63) is 134 Å². The number of carbonyl (C=O) groups excluding carboxylic acids is 1. The summed E-state index contributed by atoms with van der Waals surface area (Å²) in [7, 11) is 0. The van der Waals surface area contributed by atoms with Gasteiger partial charge in [0, 0.05) is 38.1 Å². The van der Waals surface area contributed by atoms with Gasteiger partial charge in [0.05, 0.1) is 16.3 Å². The van der Waals surface area contributed by atoms with Gasteiger partial charge in [-0.2, -0.15) is 0 Å². The second-order valence-corrected chi connectivity index (χ2v) is 10.3. The summed E-state index contributed by atoms with van der Waals surface area (Å²) < 4.78 is 6.19. The minimum atomic E-state index is -0.344. The molecule has 0 aromatic heterocycles. The molecule has 5 aromatic carbocycles. The minimum absolute atomic E-state index is 0.268. The third-order valence-electron chi connectivity index (χ3n) is 5.95. The van der Waals surface area contributed by atoms with Crippen LogP contribution in [0.5, 0.6) is 5.75 Å². The van der Waals surface area contributed by atoms with E-state index in [1.165, 1.54) is 6.07 Å². The second kappa shape index (κ2) is 12.1. The SMILES string of the molecule is O=C(Nc1cccc(N=Cc2c(OCc3ccc(Cl)cc3Cl)ccc3ccccc23)c1)c1ccc(Cl)cc1Cl. The summed E-state index contributed by atoms with van der Waals surface area (Å²) in [5.41, 5.74) is 3.19. The largest absolute Gasteiger partial charge is 0.488 e. The number of nitrogens with one attached hydrogen (secondary N) is 1. The van der Waals surface area contributed by atoms with Gasteiger partial charge in [-0.3, -0.25) is 9.79 Å². The second-order valence-electron chi connectivity index (χ2n) is 8.61. The minimum Gasteiger partial charge on any atom is -0.488 e. The number of carbonyl (C=O) groups is 1. The Morgan fingerprint density at radius 1 is 0.795 bits per heavy atom. The monoisotopic (exact) mass is 592 g/mol. The van der Waals surface area contributed by atoms with E-state index in [1.54, 1.807) is 42.6 Å². The van der Waals surface area contributed by atoms with Gasteiger partial charge in [0.2, 0.25) is 0 Å². The molecule has 1 amide bonds. The molecule has 0 spiro atoms. The lowest BCUT2D eigenvalue weighted by atomic mass is 10.0. The first-order valence-electron chi connectivity index (χ1n) is 11.9. The topological polar surface area (TPSA) is 50.7 Å². The van der Waals surface area contributed by atoms with Crippen LogP contribution >= 0.6 is 46.4 Å². The van der Waals surface area contributed by atoms with Crippen LogP contribution in [-0.4, -0.2) is 12.1 Å². The van der Waals surface area contributed by atoms with Crippen molar-refractivity contribution in [2.75, 3.05) is 5.32 Å². The summed E-state index contributed by atoms with van der Waals surface area (Å²) in [6.07, 6.45) is 1.76. The van der Waals surface area contributed by atoms with Crippen LogP contribution in [0.1, 0.15) is 21.5 Å². The zero-order valence-corrected chi connectivity index (χ0v) is 23.3. The lowest BCUT2D eigenvalue weighted by Gasteiger charge is -2.13. The van der Waals surface area contributed by atoms with Crippen LogP contribution in [0.3, 0.4) is 0 Å². The Balaban J connectivity index is 1.41. The Morgan fingerprint density at radius 3 is 2.36 bits per heavy atom. The van der Waals surface area contributed by atoms with Crippen LogP contribution in [0.2, 0.25) is 20.1 Å². The fourth-order valence-electron chi connectivity index (χ4n) is 4.00. The Bertz CT molecular complexity index is 1720. The predicted molar refractivity (Wildman–Crippen MR) is 163 cm³/mol. The maximum absolute atomic E-state index is 12.7. The molecular weight excluding hydrogens is 574 g/mol. The molecule has 1 N–H and O–H groups in total. The molecule has 39 heavy (non-hydrogen) atoms. The standard InChI is InChI=1S/C31H20Cl4N2O2/c32-21-10-8-20(28(34)14-21)18-39-30-13-9-19-4-1-2-7-25(19)27(30)17-36-23-5-3-6-24(16-23)37-31(38)26-12-11-22(33)15-29(26)35/h1-17H,18H2,(H,37,38). The average molecular weight is 594 g/mol. The number of rotatable bonds is 7. The van der Waals surface area contributed by atoms with Gasteiger partial charge in [0.25, 0.3) is 5.91 Å². The first kappa shape index (κ1) is 27.0. The van der Waals surface area contributed by atoms with Crippen LogP contribution in [0.4, 0.5) is 11.4 Å². The molecule has 194 valence electrons. The van der Waals surface area contributed by atoms with Gasteiger partial charge in [0.15, 0.2) is 0 Å². The molecule has 0 aliphatic heterocycles. The number of ether oxygens (including phenoxy) is 1. The van der Waals surface area contributed by atoms with Gasteiger partial charge in [0.1, 0.15) is 12.4 Å². The molecular formula is C31H20Cl4N2O2. The lowest BCUT2D eigenvalue weighted by Crippen LogP contribution is -2.12. The zero-order chi connectivity index (χ0) is 27.4. The molecule has 4 nitrogen and oxygen atoms in total. The van der Waals surface area contributed by atoms with E-state index in [4.69, 9.17) is 56.1 Å². The number of amides is 1. The summed E-state index contributed by atoms with van der Waals surface area (Å²) >= 11 is 24.5. The third kappa shape index (κ3) is 6.55. The number of halogens is 4. The van der Waals surface area contributed by atoms with E-state index >= 15 is 0 Å². The van der Waals surface area contributed by atoms with E-state index in [1.807, 2.05) is 54.6 Å². The van der Waals surface area contributed by atoms with E-state index in [0.29, 0.717) is 37.8 Å². The molecule has 0 fully saturated rings. The number of anilines is 1. The Labute approximate surface area is 245 Å². The average Bonchev–Trinajstić information content (AvgIpc) is 2.91. The summed E-state index contributed by atoms with van der Waals surface area (Å²) in [6.45, 7) is 0.268. The maximum atomic E-state index is 12.7. The molecule has 0 aliphatic rings. The zero-order valence-electron chi connectivity index (χ0n) is 20.3. The van der Waals surface area contributed by atoms with Crippen molar-refractivity contribution >= 4 is 80.7 Å². The molecule has 0 bridgehead atoms. The molecule has 0 aliphatic carbocycles. The predicted octanol–water partition coefficient (Wildman–Crippen LogP) is 10.0. The Kier molecular flexibility index (Phi) is 8.39. The summed E-state index contributed by atoms with van der Waals surface area (Å²) in [6, 6.07) is 29.2. The Morgan fingerprint density at radius 2 is 1.56 bits per heavy atom. The van der Waals surface area contributed by atoms with Gasteiger partial charge < -0.3 is 10.1 Å². The van der Waals surface area contributed by atoms with Crippen LogP contribution in [-0.2, 0) is 6.61 Å². The fourth-order valence-corrected chi connectivity index (χ4v) is 4.96. The molecule has 0 radical (unpaired) electrons. The smallest absolute Gasteiger partial charge is 0.257 e.